The van der Waals surface area contributed by atoms with E-state index in [1.165, 1.54) is 0 Å². The Hall–Kier alpha value is -1.93. The number of amides is 1. The van der Waals surface area contributed by atoms with Crippen LogP contribution in [0.25, 0.3) is 0 Å². The van der Waals surface area contributed by atoms with Gasteiger partial charge < -0.3 is 14.7 Å². The summed E-state index contributed by atoms with van der Waals surface area (Å²) in [5.41, 5.74) is 0. The number of nitrogens with zero attached hydrogens (tertiary/aromatic N) is 4. The van der Waals surface area contributed by atoms with Crippen molar-refractivity contribution in [1.82, 2.24) is 15.0 Å². The summed E-state index contributed by atoms with van der Waals surface area (Å²) in [6.07, 6.45) is 1.80. The molecule has 0 bridgehead atoms. The van der Waals surface area contributed by atoms with Gasteiger partial charge in [0.1, 0.15) is 11.6 Å². The minimum absolute atomic E-state index is 0.0754. The number of aryl methyl sites for hydroxylation is 1. The topological polar surface area (TPSA) is 74.5 Å². The molecule has 23 heavy (non-hydrogen) atoms. The zero-order valence-corrected chi connectivity index (χ0v) is 14.4. The molecule has 1 amide bonds. The third-order valence-corrected chi connectivity index (χ3v) is 4.14. The average Bonchev–Trinajstić information content (AvgIpc) is 2.94. The second kappa shape index (κ2) is 7.10. The van der Waals surface area contributed by atoms with Crippen LogP contribution in [0.4, 0.5) is 11.6 Å². The van der Waals surface area contributed by atoms with Crippen LogP contribution < -0.4 is 10.2 Å². The quantitative estimate of drug-likeness (QED) is 0.874. The molecule has 2 aromatic heterocycles. The molecule has 3 rings (SSSR count). The van der Waals surface area contributed by atoms with E-state index >= 15 is 0 Å². The highest BCUT2D eigenvalue weighted by atomic mass is 79.9. The van der Waals surface area contributed by atoms with Crippen molar-refractivity contribution >= 4 is 33.5 Å². The van der Waals surface area contributed by atoms with Gasteiger partial charge >= 0.3 is 0 Å². The van der Waals surface area contributed by atoms with Crippen LogP contribution >= 0.6 is 15.9 Å². The lowest BCUT2D eigenvalue weighted by atomic mass is 10.3. The normalized spacial score (nSPS) is 15.7. The number of anilines is 2. The molecule has 0 atom stereocenters. The molecular weight excluding hydrogens is 362 g/mol. The zero-order chi connectivity index (χ0) is 16.2. The monoisotopic (exact) mass is 379 g/mol. The Morgan fingerprint density at radius 2 is 2.13 bits per heavy atom. The summed E-state index contributed by atoms with van der Waals surface area (Å²) >= 11 is 3.39. The Morgan fingerprint density at radius 1 is 1.35 bits per heavy atom. The van der Waals surface area contributed by atoms with Gasteiger partial charge in [0.05, 0.1) is 6.54 Å². The highest BCUT2D eigenvalue weighted by Crippen LogP contribution is 2.16. The first-order valence-electron chi connectivity index (χ1n) is 7.42. The van der Waals surface area contributed by atoms with Crippen LogP contribution in [0.2, 0.25) is 0 Å². The van der Waals surface area contributed by atoms with Crippen molar-refractivity contribution in [3.05, 3.63) is 34.6 Å². The third-order valence-electron chi connectivity index (χ3n) is 3.67. The van der Waals surface area contributed by atoms with Crippen LogP contribution in [0.1, 0.15) is 5.76 Å². The van der Waals surface area contributed by atoms with Gasteiger partial charge in [-0.15, -0.1) is 0 Å². The van der Waals surface area contributed by atoms with E-state index in [1.807, 2.05) is 12.1 Å². The lowest BCUT2D eigenvalue weighted by molar-refractivity contribution is -0.117. The van der Waals surface area contributed by atoms with Gasteiger partial charge in [-0.2, -0.15) is 0 Å². The van der Waals surface area contributed by atoms with E-state index in [0.717, 1.165) is 36.5 Å². The molecule has 0 radical (unpaired) electrons. The van der Waals surface area contributed by atoms with Gasteiger partial charge in [0, 0.05) is 42.9 Å². The number of hydrogen-bond acceptors (Lipinski definition) is 6. The van der Waals surface area contributed by atoms with Crippen molar-refractivity contribution in [3.63, 3.8) is 0 Å². The Labute approximate surface area is 142 Å². The van der Waals surface area contributed by atoms with Gasteiger partial charge in [0.25, 0.3) is 0 Å². The van der Waals surface area contributed by atoms with Crippen molar-refractivity contribution < 1.29 is 9.32 Å². The van der Waals surface area contributed by atoms with Gasteiger partial charge in [-0.1, -0.05) is 5.16 Å². The van der Waals surface area contributed by atoms with E-state index in [-0.39, 0.29) is 5.91 Å². The van der Waals surface area contributed by atoms with Crippen molar-refractivity contribution in [2.24, 2.45) is 0 Å². The number of halogens is 1. The van der Waals surface area contributed by atoms with Gasteiger partial charge in [-0.3, -0.25) is 9.69 Å². The molecule has 8 heteroatoms. The Kier molecular flexibility index (Phi) is 4.92. The summed E-state index contributed by atoms with van der Waals surface area (Å²) in [5.74, 6) is 2.03. The molecule has 0 spiro atoms. The van der Waals surface area contributed by atoms with Crippen LogP contribution in [-0.2, 0) is 4.79 Å². The number of nitrogens with one attached hydrogen (secondary N) is 1. The van der Waals surface area contributed by atoms with E-state index in [2.05, 4.69) is 41.2 Å². The van der Waals surface area contributed by atoms with Crippen LogP contribution in [-0.4, -0.2) is 53.7 Å². The number of carbonyl (C=O) groups excluding carboxylic acids is 1. The molecule has 3 heterocycles. The van der Waals surface area contributed by atoms with Gasteiger partial charge in [-0.05, 0) is 35.0 Å². The predicted octanol–water partition coefficient (Wildman–Crippen LogP) is 1.90. The van der Waals surface area contributed by atoms with Crippen molar-refractivity contribution in [3.8, 4) is 0 Å². The van der Waals surface area contributed by atoms with Crippen molar-refractivity contribution in [2.45, 2.75) is 6.92 Å². The molecule has 0 unspecified atom stereocenters. The molecule has 1 aliphatic heterocycles. The smallest absolute Gasteiger partial charge is 0.239 e. The number of piperazine rings is 1. The molecule has 0 aliphatic carbocycles. The molecule has 0 aromatic carbocycles. The van der Waals surface area contributed by atoms with E-state index in [9.17, 15) is 4.79 Å². The first-order valence-corrected chi connectivity index (χ1v) is 8.21. The molecule has 1 aliphatic rings. The molecule has 2 aromatic rings. The maximum atomic E-state index is 12.0. The lowest BCUT2D eigenvalue weighted by Gasteiger charge is -2.34. The summed E-state index contributed by atoms with van der Waals surface area (Å²) in [6, 6.07) is 5.69. The summed E-state index contributed by atoms with van der Waals surface area (Å²) in [7, 11) is 0. The van der Waals surface area contributed by atoms with Gasteiger partial charge in [0.2, 0.25) is 5.91 Å². The van der Waals surface area contributed by atoms with E-state index in [0.29, 0.717) is 18.1 Å². The number of pyridine rings is 1. The summed E-state index contributed by atoms with van der Waals surface area (Å²) in [4.78, 5) is 20.8. The van der Waals surface area contributed by atoms with Crippen molar-refractivity contribution in [1.29, 1.82) is 0 Å². The molecule has 7 nitrogen and oxygen atoms in total. The lowest BCUT2D eigenvalue weighted by Crippen LogP contribution is -2.48. The van der Waals surface area contributed by atoms with Crippen LogP contribution in [0.15, 0.2) is 33.4 Å². The Morgan fingerprint density at radius 3 is 2.74 bits per heavy atom. The molecule has 1 saturated heterocycles. The Balaban J connectivity index is 1.47. The molecule has 1 N–H and O–H groups in total. The number of hydrogen-bond donors (Lipinski definition) is 1. The standard InChI is InChI=1S/C15H18BrN5O2/c1-11-8-13(19-23-11)18-15(22)10-20-4-6-21(7-5-20)14-3-2-12(16)9-17-14/h2-3,8-9H,4-7,10H2,1H3,(H,18,19,22). The fourth-order valence-electron chi connectivity index (χ4n) is 2.50. The van der Waals surface area contributed by atoms with E-state index < -0.39 is 0 Å². The second-order valence-electron chi connectivity index (χ2n) is 5.47. The van der Waals surface area contributed by atoms with Crippen LogP contribution in [0.3, 0.4) is 0 Å². The maximum absolute atomic E-state index is 12.0. The molecular formula is C15H18BrN5O2. The van der Waals surface area contributed by atoms with Crippen molar-refractivity contribution in [2.75, 3.05) is 42.9 Å². The second-order valence-corrected chi connectivity index (χ2v) is 6.38. The van der Waals surface area contributed by atoms with Crippen LogP contribution in [0.5, 0.6) is 0 Å². The minimum atomic E-state index is -0.0754. The first-order chi connectivity index (χ1) is 11.1. The summed E-state index contributed by atoms with van der Waals surface area (Å²) in [5, 5.41) is 6.50. The fraction of sp³-hybridized carbons (Fsp3) is 0.400. The highest BCUT2D eigenvalue weighted by Gasteiger charge is 2.20. The van der Waals surface area contributed by atoms with Crippen LogP contribution in [0, 0.1) is 6.92 Å². The summed E-state index contributed by atoms with van der Waals surface area (Å²) in [6.45, 7) is 5.49. The minimum Gasteiger partial charge on any atom is -0.360 e. The predicted molar refractivity (Wildman–Crippen MR) is 90.5 cm³/mol. The molecule has 122 valence electrons. The summed E-state index contributed by atoms with van der Waals surface area (Å²) < 4.78 is 5.90. The zero-order valence-electron chi connectivity index (χ0n) is 12.8. The fourth-order valence-corrected chi connectivity index (χ4v) is 2.74. The van der Waals surface area contributed by atoms with E-state index in [1.54, 1.807) is 19.2 Å². The number of rotatable bonds is 4. The molecule has 0 saturated carbocycles. The van der Waals surface area contributed by atoms with Gasteiger partial charge in [0.15, 0.2) is 5.82 Å². The maximum Gasteiger partial charge on any atom is 0.239 e. The Bertz CT molecular complexity index is 665. The third kappa shape index (κ3) is 4.29. The molecule has 1 fully saturated rings. The first kappa shape index (κ1) is 15.9. The SMILES string of the molecule is Cc1cc(NC(=O)CN2CCN(c3ccc(Br)cn3)CC2)no1. The number of aromatic nitrogens is 2. The largest absolute Gasteiger partial charge is 0.360 e. The average molecular weight is 380 g/mol. The van der Waals surface area contributed by atoms with E-state index in [4.69, 9.17) is 4.52 Å². The number of carbonyl (C=O) groups is 1. The van der Waals surface area contributed by atoms with Gasteiger partial charge in [-0.25, -0.2) is 4.98 Å². The highest BCUT2D eigenvalue weighted by molar-refractivity contribution is 9.10.